The number of halogens is 2. The number of benzene rings is 1. The first kappa shape index (κ1) is 16.5. The first-order chi connectivity index (χ1) is 9.79. The standard InChI is InChI=1S/C12H12F2N2O5/c1-3-21-12(18)6(2)15-11(17)9-7(13)4-5-8(10(9)14)16(19)20/h4-6H,3H2,1-2H3,(H,15,17). The van der Waals surface area contributed by atoms with Crippen LogP contribution in [0.2, 0.25) is 0 Å². The van der Waals surface area contributed by atoms with E-state index < -0.39 is 45.7 Å². The highest BCUT2D eigenvalue weighted by Gasteiger charge is 2.28. The molecule has 0 spiro atoms. The van der Waals surface area contributed by atoms with Gasteiger partial charge in [0.1, 0.15) is 17.4 Å². The Hall–Kier alpha value is -2.58. The van der Waals surface area contributed by atoms with Crippen LogP contribution in [0.25, 0.3) is 0 Å². The van der Waals surface area contributed by atoms with Crippen LogP contribution in [0.3, 0.4) is 0 Å². The SMILES string of the molecule is CCOC(=O)C(C)NC(=O)c1c(F)ccc([N+](=O)[O-])c1F. The Labute approximate surface area is 118 Å². The van der Waals surface area contributed by atoms with Gasteiger partial charge in [-0.1, -0.05) is 0 Å². The zero-order chi connectivity index (χ0) is 16.2. The maximum Gasteiger partial charge on any atom is 0.328 e. The Morgan fingerprint density at radius 3 is 2.57 bits per heavy atom. The molecule has 1 amide bonds. The molecular formula is C12H12F2N2O5. The number of hydrogen-bond donors (Lipinski definition) is 1. The number of nitro benzene ring substituents is 1. The fraction of sp³-hybridized carbons (Fsp3) is 0.333. The van der Waals surface area contributed by atoms with Gasteiger partial charge in [-0.05, 0) is 19.9 Å². The molecule has 0 aromatic heterocycles. The quantitative estimate of drug-likeness (QED) is 0.505. The summed E-state index contributed by atoms with van der Waals surface area (Å²) >= 11 is 0. The molecular weight excluding hydrogens is 290 g/mol. The van der Waals surface area contributed by atoms with Gasteiger partial charge in [0.25, 0.3) is 5.91 Å². The van der Waals surface area contributed by atoms with Crippen LogP contribution in [0.5, 0.6) is 0 Å². The minimum Gasteiger partial charge on any atom is -0.464 e. The van der Waals surface area contributed by atoms with Crippen molar-refractivity contribution in [2.75, 3.05) is 6.61 Å². The summed E-state index contributed by atoms with van der Waals surface area (Å²) in [5, 5.41) is 12.6. The van der Waals surface area contributed by atoms with Gasteiger partial charge in [0.15, 0.2) is 0 Å². The van der Waals surface area contributed by atoms with Crippen LogP contribution in [0.1, 0.15) is 24.2 Å². The molecule has 0 saturated carbocycles. The van der Waals surface area contributed by atoms with Crippen LogP contribution < -0.4 is 5.32 Å². The number of nitrogens with zero attached hydrogens (tertiary/aromatic N) is 1. The van der Waals surface area contributed by atoms with E-state index in [4.69, 9.17) is 0 Å². The van der Waals surface area contributed by atoms with Crippen LogP contribution in [0.4, 0.5) is 14.5 Å². The fourth-order valence-corrected chi connectivity index (χ4v) is 1.49. The molecule has 0 aliphatic heterocycles. The van der Waals surface area contributed by atoms with E-state index in [-0.39, 0.29) is 6.61 Å². The lowest BCUT2D eigenvalue weighted by Crippen LogP contribution is -2.40. The van der Waals surface area contributed by atoms with Gasteiger partial charge < -0.3 is 10.1 Å². The molecule has 21 heavy (non-hydrogen) atoms. The van der Waals surface area contributed by atoms with Crippen molar-refractivity contribution in [3.05, 3.63) is 39.4 Å². The molecule has 0 aliphatic carbocycles. The van der Waals surface area contributed by atoms with Crippen molar-refractivity contribution in [3.8, 4) is 0 Å². The number of rotatable bonds is 5. The van der Waals surface area contributed by atoms with E-state index in [9.17, 15) is 28.5 Å². The van der Waals surface area contributed by atoms with Crippen LogP contribution >= 0.6 is 0 Å². The molecule has 9 heteroatoms. The van der Waals surface area contributed by atoms with Gasteiger partial charge in [0.05, 0.1) is 11.5 Å². The van der Waals surface area contributed by atoms with Crippen molar-refractivity contribution in [1.82, 2.24) is 5.32 Å². The van der Waals surface area contributed by atoms with Crippen LogP contribution in [-0.4, -0.2) is 29.4 Å². The molecule has 0 heterocycles. The van der Waals surface area contributed by atoms with E-state index in [0.29, 0.717) is 12.1 Å². The van der Waals surface area contributed by atoms with E-state index in [1.54, 1.807) is 6.92 Å². The topological polar surface area (TPSA) is 98.5 Å². The van der Waals surface area contributed by atoms with Gasteiger partial charge in [-0.2, -0.15) is 4.39 Å². The lowest BCUT2D eigenvalue weighted by Gasteiger charge is -2.13. The third-order valence-electron chi connectivity index (χ3n) is 2.48. The monoisotopic (exact) mass is 302 g/mol. The smallest absolute Gasteiger partial charge is 0.328 e. The Morgan fingerprint density at radius 2 is 2.05 bits per heavy atom. The molecule has 0 bridgehead atoms. The predicted octanol–water partition coefficient (Wildman–Crippen LogP) is 1.55. The summed E-state index contributed by atoms with van der Waals surface area (Å²) in [6.45, 7) is 2.87. The zero-order valence-electron chi connectivity index (χ0n) is 11.2. The predicted molar refractivity (Wildman–Crippen MR) is 66.6 cm³/mol. The molecule has 0 saturated heterocycles. The number of hydrogen-bond acceptors (Lipinski definition) is 5. The number of esters is 1. The number of carbonyl (C=O) groups is 2. The molecule has 1 aromatic rings. The van der Waals surface area contributed by atoms with Crippen LogP contribution in [-0.2, 0) is 9.53 Å². The second-order valence-corrected chi connectivity index (χ2v) is 3.96. The lowest BCUT2D eigenvalue weighted by molar-refractivity contribution is -0.387. The summed E-state index contributed by atoms with van der Waals surface area (Å²) in [5.74, 6) is -4.95. The third kappa shape index (κ3) is 3.71. The average Bonchev–Trinajstić information content (AvgIpc) is 2.38. The normalized spacial score (nSPS) is 11.6. The summed E-state index contributed by atoms with van der Waals surface area (Å²) in [4.78, 5) is 32.6. The van der Waals surface area contributed by atoms with E-state index in [0.717, 1.165) is 0 Å². The van der Waals surface area contributed by atoms with Gasteiger partial charge in [-0.3, -0.25) is 14.9 Å². The van der Waals surface area contributed by atoms with Gasteiger partial charge in [0.2, 0.25) is 5.82 Å². The molecule has 0 fully saturated rings. The molecule has 7 nitrogen and oxygen atoms in total. The van der Waals surface area contributed by atoms with Gasteiger partial charge in [0, 0.05) is 6.07 Å². The van der Waals surface area contributed by atoms with Crippen molar-refractivity contribution in [2.24, 2.45) is 0 Å². The van der Waals surface area contributed by atoms with Crippen molar-refractivity contribution < 1.29 is 28.0 Å². The van der Waals surface area contributed by atoms with Crippen LogP contribution in [0, 0.1) is 21.7 Å². The minimum atomic E-state index is -1.60. The first-order valence-corrected chi connectivity index (χ1v) is 5.89. The minimum absolute atomic E-state index is 0.0680. The maximum atomic E-state index is 13.8. The Bertz CT molecular complexity index is 591. The molecule has 1 N–H and O–H groups in total. The summed E-state index contributed by atoms with van der Waals surface area (Å²) in [7, 11) is 0. The van der Waals surface area contributed by atoms with Crippen molar-refractivity contribution in [2.45, 2.75) is 19.9 Å². The number of ether oxygens (including phenoxy) is 1. The third-order valence-corrected chi connectivity index (χ3v) is 2.48. The largest absolute Gasteiger partial charge is 0.464 e. The van der Waals surface area contributed by atoms with Crippen molar-refractivity contribution in [1.29, 1.82) is 0 Å². The second kappa shape index (κ2) is 6.73. The number of amides is 1. The number of nitrogens with one attached hydrogen (secondary N) is 1. The molecule has 0 aliphatic rings. The van der Waals surface area contributed by atoms with E-state index in [2.05, 4.69) is 4.74 Å². The van der Waals surface area contributed by atoms with E-state index >= 15 is 0 Å². The summed E-state index contributed by atoms with van der Waals surface area (Å²) in [6.07, 6.45) is 0. The Kier molecular flexibility index (Phi) is 5.28. The highest BCUT2D eigenvalue weighted by Crippen LogP contribution is 2.23. The summed E-state index contributed by atoms with van der Waals surface area (Å²) in [5.41, 5.74) is -2.16. The zero-order valence-corrected chi connectivity index (χ0v) is 11.2. The van der Waals surface area contributed by atoms with Gasteiger partial charge in [-0.25, -0.2) is 9.18 Å². The first-order valence-electron chi connectivity index (χ1n) is 5.89. The highest BCUT2D eigenvalue weighted by molar-refractivity contribution is 5.97. The van der Waals surface area contributed by atoms with Crippen LogP contribution in [0.15, 0.2) is 12.1 Å². The summed E-state index contributed by atoms with van der Waals surface area (Å²) in [6, 6.07) is 0.0528. The molecule has 1 atom stereocenters. The number of carbonyl (C=O) groups excluding carboxylic acids is 2. The number of nitro groups is 1. The fourth-order valence-electron chi connectivity index (χ4n) is 1.49. The molecule has 1 aromatic carbocycles. The summed E-state index contributed by atoms with van der Waals surface area (Å²) < 4.78 is 31.9. The average molecular weight is 302 g/mol. The lowest BCUT2D eigenvalue weighted by atomic mass is 10.1. The van der Waals surface area contributed by atoms with Gasteiger partial charge >= 0.3 is 11.7 Å². The van der Waals surface area contributed by atoms with Crippen molar-refractivity contribution >= 4 is 17.6 Å². The van der Waals surface area contributed by atoms with Gasteiger partial charge in [-0.15, -0.1) is 0 Å². The molecule has 114 valence electrons. The Morgan fingerprint density at radius 1 is 1.43 bits per heavy atom. The highest BCUT2D eigenvalue weighted by atomic mass is 19.1. The van der Waals surface area contributed by atoms with E-state index in [1.807, 2.05) is 5.32 Å². The Balaban J connectivity index is 3.05. The van der Waals surface area contributed by atoms with E-state index in [1.165, 1.54) is 6.92 Å². The molecule has 1 rings (SSSR count). The molecule has 0 radical (unpaired) electrons. The van der Waals surface area contributed by atoms with Crippen molar-refractivity contribution in [3.63, 3.8) is 0 Å². The second-order valence-electron chi connectivity index (χ2n) is 3.96. The maximum absolute atomic E-state index is 13.8. The molecule has 1 unspecified atom stereocenters.